The van der Waals surface area contributed by atoms with Gasteiger partial charge in [-0.1, -0.05) is 0 Å². The van der Waals surface area contributed by atoms with E-state index in [1.807, 2.05) is 0 Å². The van der Waals surface area contributed by atoms with Crippen molar-refractivity contribution in [1.82, 2.24) is 4.90 Å². The van der Waals surface area contributed by atoms with E-state index in [2.05, 4.69) is 36.2 Å². The first kappa shape index (κ1) is 17.0. The van der Waals surface area contributed by atoms with Crippen LogP contribution in [-0.4, -0.2) is 46.9 Å². The second-order valence-electron chi connectivity index (χ2n) is 6.95. The summed E-state index contributed by atoms with van der Waals surface area (Å²) >= 11 is 0. The lowest BCUT2D eigenvalue weighted by molar-refractivity contribution is 0.225. The van der Waals surface area contributed by atoms with E-state index in [9.17, 15) is 0 Å². The highest BCUT2D eigenvalue weighted by atomic mass is 16.5. The summed E-state index contributed by atoms with van der Waals surface area (Å²) in [4.78, 5) is 2.43. The number of benzene rings is 2. The molecule has 3 aliphatic rings. The molecule has 1 aliphatic carbocycles. The largest absolute Gasteiger partial charge is 0.493 e. The molecule has 0 fully saturated rings. The lowest BCUT2D eigenvalue weighted by Gasteiger charge is -2.36. The number of ether oxygens (including phenoxy) is 4. The molecule has 0 N–H and O–H groups in total. The Kier molecular flexibility index (Phi) is 4.19. The smallest absolute Gasteiger partial charge is 0.161 e. The Morgan fingerprint density at radius 2 is 1.23 bits per heavy atom. The zero-order chi connectivity index (χ0) is 18.4. The molecule has 2 bridgehead atoms. The van der Waals surface area contributed by atoms with Crippen molar-refractivity contribution in [1.29, 1.82) is 0 Å². The summed E-state index contributed by atoms with van der Waals surface area (Å²) < 4.78 is 22.2. The fourth-order valence-electron chi connectivity index (χ4n) is 4.43. The Labute approximate surface area is 154 Å². The van der Waals surface area contributed by atoms with Gasteiger partial charge in [0.1, 0.15) is 0 Å². The van der Waals surface area contributed by atoms with Crippen molar-refractivity contribution in [2.75, 3.05) is 42.0 Å². The number of likely N-dealkylation sites (N-methyl/N-ethyl adjacent to an activating group) is 1. The number of rotatable bonds is 4. The number of nitrogens with zero attached hydrogens (tertiary/aromatic N) is 1. The highest BCUT2D eigenvalue weighted by Crippen LogP contribution is 2.50. The molecule has 0 amide bonds. The molecule has 5 nitrogen and oxygen atoms in total. The second kappa shape index (κ2) is 6.40. The minimum atomic E-state index is 0.267. The minimum Gasteiger partial charge on any atom is -0.493 e. The van der Waals surface area contributed by atoms with Crippen LogP contribution in [0.3, 0.4) is 0 Å². The third-order valence-corrected chi connectivity index (χ3v) is 5.76. The van der Waals surface area contributed by atoms with Crippen molar-refractivity contribution in [3.8, 4) is 23.0 Å². The third kappa shape index (κ3) is 2.42. The Bertz CT molecular complexity index is 848. The van der Waals surface area contributed by atoms with Gasteiger partial charge in [-0.2, -0.15) is 0 Å². The van der Waals surface area contributed by atoms with Gasteiger partial charge in [0.05, 0.1) is 28.4 Å². The molecule has 0 radical (unpaired) electrons. The molecule has 0 saturated heterocycles. The first-order chi connectivity index (χ1) is 12.6. The van der Waals surface area contributed by atoms with Crippen LogP contribution in [0.25, 0.3) is 0 Å². The van der Waals surface area contributed by atoms with E-state index >= 15 is 0 Å². The fraction of sp³-hybridized carbons (Fsp3) is 0.429. The summed E-state index contributed by atoms with van der Waals surface area (Å²) in [6.45, 7) is 0.968. The van der Waals surface area contributed by atoms with E-state index in [1.54, 1.807) is 28.4 Å². The molecule has 26 heavy (non-hydrogen) atoms. The quantitative estimate of drug-likeness (QED) is 0.841. The molecule has 5 rings (SSSR count). The minimum absolute atomic E-state index is 0.267. The maximum Gasteiger partial charge on any atom is 0.161 e. The zero-order valence-electron chi connectivity index (χ0n) is 16.0. The van der Waals surface area contributed by atoms with Crippen molar-refractivity contribution in [3.63, 3.8) is 0 Å². The molecule has 2 aromatic carbocycles. The number of hydrogen-bond acceptors (Lipinski definition) is 5. The molecular weight excluding hydrogens is 330 g/mol. The summed E-state index contributed by atoms with van der Waals surface area (Å²) in [7, 11) is 8.94. The van der Waals surface area contributed by atoms with Crippen molar-refractivity contribution in [2.45, 2.75) is 18.4 Å². The van der Waals surface area contributed by atoms with Crippen LogP contribution in [-0.2, 0) is 6.42 Å². The van der Waals surface area contributed by atoms with Gasteiger partial charge in [0, 0.05) is 18.5 Å². The van der Waals surface area contributed by atoms with Crippen molar-refractivity contribution >= 4 is 0 Å². The Balaban J connectivity index is 1.94. The molecule has 2 heterocycles. The van der Waals surface area contributed by atoms with Crippen LogP contribution in [0.1, 0.15) is 34.2 Å². The number of hydrogen-bond donors (Lipinski definition) is 0. The second-order valence-corrected chi connectivity index (χ2v) is 6.95. The van der Waals surface area contributed by atoms with Crippen LogP contribution in [0.4, 0.5) is 0 Å². The molecule has 138 valence electrons. The predicted octanol–water partition coefficient (Wildman–Crippen LogP) is 3.40. The normalized spacial score (nSPS) is 20.8. The number of methoxy groups -OCH3 is 4. The third-order valence-electron chi connectivity index (χ3n) is 5.76. The highest BCUT2D eigenvalue weighted by Gasteiger charge is 2.38. The Morgan fingerprint density at radius 3 is 1.81 bits per heavy atom. The maximum absolute atomic E-state index is 5.56. The van der Waals surface area contributed by atoms with E-state index in [0.717, 1.165) is 36.0 Å². The predicted molar refractivity (Wildman–Crippen MR) is 100 cm³/mol. The Hall–Kier alpha value is -2.40. The van der Waals surface area contributed by atoms with Gasteiger partial charge < -0.3 is 18.9 Å². The highest BCUT2D eigenvalue weighted by molar-refractivity contribution is 5.59. The van der Waals surface area contributed by atoms with Gasteiger partial charge in [0.2, 0.25) is 0 Å². The topological polar surface area (TPSA) is 40.2 Å². The molecule has 2 aromatic rings. The van der Waals surface area contributed by atoms with Crippen LogP contribution in [0.5, 0.6) is 23.0 Å². The van der Waals surface area contributed by atoms with Gasteiger partial charge in [-0.15, -0.1) is 0 Å². The molecule has 2 aliphatic heterocycles. The molecule has 2 atom stereocenters. The van der Waals surface area contributed by atoms with E-state index in [1.165, 1.54) is 22.3 Å². The fourth-order valence-corrected chi connectivity index (χ4v) is 4.43. The average molecular weight is 355 g/mol. The first-order valence-electron chi connectivity index (χ1n) is 8.82. The van der Waals surface area contributed by atoms with Gasteiger partial charge in [-0.25, -0.2) is 0 Å². The summed E-state index contributed by atoms with van der Waals surface area (Å²) in [6.07, 6.45) is 0.936. The van der Waals surface area contributed by atoms with Gasteiger partial charge >= 0.3 is 0 Å². The summed E-state index contributed by atoms with van der Waals surface area (Å²) in [6, 6.07) is 8.86. The maximum atomic E-state index is 5.56. The lowest BCUT2D eigenvalue weighted by atomic mass is 9.84. The van der Waals surface area contributed by atoms with Crippen molar-refractivity contribution in [3.05, 3.63) is 46.5 Å². The van der Waals surface area contributed by atoms with E-state index in [-0.39, 0.29) is 5.92 Å². The molecule has 2 unspecified atom stereocenters. The molecular formula is C21H25NO4. The first-order valence-corrected chi connectivity index (χ1v) is 8.82. The molecule has 0 spiro atoms. The monoisotopic (exact) mass is 355 g/mol. The standard InChI is InChI=1S/C21H25NO4/c1-22-11-16-13-8-19(24-3)18(23-2)7-12(13)6-17(22)15-10-21(26-5)20(25-4)9-14(15)16/h7-10,16-17H,6,11H2,1-5H3. The lowest BCUT2D eigenvalue weighted by Crippen LogP contribution is -2.33. The Morgan fingerprint density at radius 1 is 0.731 bits per heavy atom. The van der Waals surface area contributed by atoms with E-state index in [4.69, 9.17) is 18.9 Å². The van der Waals surface area contributed by atoms with Gasteiger partial charge in [-0.05, 0) is 60.0 Å². The van der Waals surface area contributed by atoms with E-state index in [0.29, 0.717) is 6.04 Å². The van der Waals surface area contributed by atoms with Crippen LogP contribution in [0, 0.1) is 0 Å². The van der Waals surface area contributed by atoms with Crippen LogP contribution in [0.15, 0.2) is 24.3 Å². The SMILES string of the molecule is COc1cc2c(cc1OC)C1CN(C)C(C2)c2cc(OC)c(OC)cc21. The zero-order valence-corrected chi connectivity index (χ0v) is 16.0. The average Bonchev–Trinajstić information content (AvgIpc) is 2.89. The van der Waals surface area contributed by atoms with Crippen molar-refractivity contribution < 1.29 is 18.9 Å². The molecule has 0 saturated carbocycles. The van der Waals surface area contributed by atoms with Gasteiger partial charge in [0.25, 0.3) is 0 Å². The molecule has 0 aromatic heterocycles. The van der Waals surface area contributed by atoms with Gasteiger partial charge in [-0.3, -0.25) is 4.90 Å². The summed E-state index contributed by atoms with van der Waals surface area (Å²) in [5.74, 6) is 3.40. The number of fused-ring (bicyclic) bond motifs is 1. The van der Waals surface area contributed by atoms with Gasteiger partial charge in [0.15, 0.2) is 23.0 Å². The molecule has 5 heteroatoms. The van der Waals surface area contributed by atoms with Crippen molar-refractivity contribution in [2.24, 2.45) is 0 Å². The van der Waals surface area contributed by atoms with Crippen LogP contribution < -0.4 is 18.9 Å². The van der Waals surface area contributed by atoms with Crippen LogP contribution in [0.2, 0.25) is 0 Å². The summed E-state index contributed by atoms with van der Waals surface area (Å²) in [5.41, 5.74) is 5.26. The summed E-state index contributed by atoms with van der Waals surface area (Å²) in [5, 5.41) is 0. The van der Waals surface area contributed by atoms with E-state index < -0.39 is 0 Å². The van der Waals surface area contributed by atoms with Crippen LogP contribution >= 0.6 is 0 Å².